The average Bonchev–Trinajstić information content (AvgIpc) is 2.27. The van der Waals surface area contributed by atoms with E-state index in [2.05, 4.69) is 5.32 Å². The second-order valence-corrected chi connectivity index (χ2v) is 3.02. The van der Waals surface area contributed by atoms with Crippen molar-refractivity contribution in [1.82, 2.24) is 0 Å². The SMILES string of the molecule is N#Cc1cccc(N/C(=C\C(=O)O)C(=O)O)c1. The minimum atomic E-state index is -1.39. The van der Waals surface area contributed by atoms with Gasteiger partial charge in [0.15, 0.2) is 0 Å². The van der Waals surface area contributed by atoms with Gasteiger partial charge in [-0.05, 0) is 18.2 Å². The topological polar surface area (TPSA) is 110 Å². The van der Waals surface area contributed by atoms with E-state index >= 15 is 0 Å². The van der Waals surface area contributed by atoms with E-state index in [9.17, 15) is 9.59 Å². The molecule has 1 aromatic carbocycles. The maximum Gasteiger partial charge on any atom is 0.352 e. The molecule has 0 aromatic heterocycles. The molecule has 0 saturated heterocycles. The van der Waals surface area contributed by atoms with Crippen LogP contribution in [0, 0.1) is 11.3 Å². The Balaban J connectivity index is 2.99. The summed E-state index contributed by atoms with van der Waals surface area (Å²) in [6.07, 6.45) is 0.543. The van der Waals surface area contributed by atoms with Crippen LogP contribution < -0.4 is 5.32 Å². The first-order valence-corrected chi connectivity index (χ1v) is 4.48. The van der Waals surface area contributed by atoms with Crippen LogP contribution in [-0.4, -0.2) is 22.2 Å². The minimum absolute atomic E-state index is 0.332. The molecule has 0 bridgehead atoms. The Kier molecular flexibility index (Phi) is 3.84. The Morgan fingerprint density at radius 3 is 2.59 bits per heavy atom. The van der Waals surface area contributed by atoms with E-state index in [-0.39, 0.29) is 0 Å². The fraction of sp³-hybridized carbons (Fsp3) is 0. The third-order valence-electron chi connectivity index (χ3n) is 1.77. The molecule has 0 unspecified atom stereocenters. The van der Waals surface area contributed by atoms with Crippen LogP contribution >= 0.6 is 0 Å². The second kappa shape index (κ2) is 5.32. The fourth-order valence-corrected chi connectivity index (χ4v) is 1.10. The van der Waals surface area contributed by atoms with E-state index in [1.807, 2.05) is 6.07 Å². The van der Waals surface area contributed by atoms with Crippen molar-refractivity contribution in [3.63, 3.8) is 0 Å². The summed E-state index contributed by atoms with van der Waals surface area (Å²) in [5, 5.41) is 28.3. The van der Waals surface area contributed by atoms with E-state index in [0.717, 1.165) is 0 Å². The highest BCUT2D eigenvalue weighted by Gasteiger charge is 2.09. The van der Waals surface area contributed by atoms with Crippen LogP contribution in [0.3, 0.4) is 0 Å². The standard InChI is InChI=1S/C11H8N2O4/c12-6-7-2-1-3-8(4-7)13-9(11(16)17)5-10(14)15/h1-5,13H,(H,14,15)(H,16,17)/b9-5-. The van der Waals surface area contributed by atoms with Crippen molar-refractivity contribution in [2.75, 3.05) is 5.32 Å². The van der Waals surface area contributed by atoms with Gasteiger partial charge in [-0.2, -0.15) is 5.26 Å². The summed E-state index contributed by atoms with van der Waals surface area (Å²) in [4.78, 5) is 21.1. The maximum absolute atomic E-state index is 10.7. The molecule has 0 amide bonds. The van der Waals surface area contributed by atoms with Gasteiger partial charge in [-0.25, -0.2) is 9.59 Å². The number of benzene rings is 1. The molecule has 6 heteroatoms. The van der Waals surface area contributed by atoms with E-state index in [1.54, 1.807) is 12.1 Å². The number of carbonyl (C=O) groups is 2. The van der Waals surface area contributed by atoms with Gasteiger partial charge >= 0.3 is 11.9 Å². The first-order valence-electron chi connectivity index (χ1n) is 4.48. The van der Waals surface area contributed by atoms with Crippen LogP contribution in [0.15, 0.2) is 36.0 Å². The monoisotopic (exact) mass is 232 g/mol. The van der Waals surface area contributed by atoms with Crippen molar-refractivity contribution >= 4 is 17.6 Å². The molecule has 86 valence electrons. The van der Waals surface area contributed by atoms with Gasteiger partial charge in [0.1, 0.15) is 5.70 Å². The summed E-state index contributed by atoms with van der Waals surface area (Å²) in [6, 6.07) is 7.93. The molecule has 0 aliphatic carbocycles. The lowest BCUT2D eigenvalue weighted by molar-refractivity contribution is -0.134. The zero-order valence-electron chi connectivity index (χ0n) is 8.54. The Morgan fingerprint density at radius 2 is 2.06 bits per heavy atom. The van der Waals surface area contributed by atoms with Gasteiger partial charge in [0, 0.05) is 5.69 Å². The Morgan fingerprint density at radius 1 is 1.35 bits per heavy atom. The van der Waals surface area contributed by atoms with Crippen LogP contribution in [-0.2, 0) is 9.59 Å². The number of hydrogen-bond donors (Lipinski definition) is 3. The first kappa shape index (κ1) is 12.3. The largest absolute Gasteiger partial charge is 0.478 e. The molecule has 0 heterocycles. The molecular formula is C11H8N2O4. The third-order valence-corrected chi connectivity index (χ3v) is 1.77. The molecule has 1 rings (SSSR count). The predicted molar refractivity (Wildman–Crippen MR) is 58.1 cm³/mol. The number of aliphatic carboxylic acids is 2. The van der Waals surface area contributed by atoms with Crippen LogP contribution in [0.25, 0.3) is 0 Å². The van der Waals surface area contributed by atoms with Gasteiger partial charge in [0.25, 0.3) is 0 Å². The number of carboxylic acids is 2. The molecule has 6 nitrogen and oxygen atoms in total. The summed E-state index contributed by atoms with van der Waals surface area (Å²) in [6.45, 7) is 0. The van der Waals surface area contributed by atoms with Gasteiger partial charge in [0.05, 0.1) is 17.7 Å². The van der Waals surface area contributed by atoms with Gasteiger partial charge in [-0.3, -0.25) is 0 Å². The van der Waals surface area contributed by atoms with Crippen LogP contribution in [0.4, 0.5) is 5.69 Å². The lowest BCUT2D eigenvalue weighted by atomic mass is 10.2. The van der Waals surface area contributed by atoms with Crippen LogP contribution in [0.1, 0.15) is 5.56 Å². The molecule has 1 aromatic rings. The number of nitriles is 1. The number of hydrogen-bond acceptors (Lipinski definition) is 4. The number of rotatable bonds is 4. The molecule has 0 aliphatic heterocycles. The van der Waals surface area contributed by atoms with Gasteiger partial charge in [-0.1, -0.05) is 6.07 Å². The lowest BCUT2D eigenvalue weighted by Crippen LogP contribution is -2.12. The molecular weight excluding hydrogens is 224 g/mol. The molecule has 0 fully saturated rings. The van der Waals surface area contributed by atoms with E-state index < -0.39 is 17.6 Å². The fourth-order valence-electron chi connectivity index (χ4n) is 1.10. The zero-order chi connectivity index (χ0) is 12.8. The maximum atomic E-state index is 10.7. The summed E-state index contributed by atoms with van der Waals surface area (Å²) in [5.41, 5.74) is 0.196. The Hall–Kier alpha value is -2.81. The van der Waals surface area contributed by atoms with Crippen molar-refractivity contribution in [3.8, 4) is 6.07 Å². The summed E-state index contributed by atoms with van der Waals surface area (Å²) in [7, 11) is 0. The van der Waals surface area contributed by atoms with Crippen LogP contribution in [0.2, 0.25) is 0 Å². The van der Waals surface area contributed by atoms with Gasteiger partial charge in [-0.15, -0.1) is 0 Å². The predicted octanol–water partition coefficient (Wildman–Crippen LogP) is 1.02. The van der Waals surface area contributed by atoms with E-state index in [0.29, 0.717) is 17.3 Å². The van der Waals surface area contributed by atoms with Crippen molar-refractivity contribution in [2.24, 2.45) is 0 Å². The number of nitrogens with zero attached hydrogens (tertiary/aromatic N) is 1. The third kappa shape index (κ3) is 3.68. The van der Waals surface area contributed by atoms with E-state index in [4.69, 9.17) is 15.5 Å². The molecule has 0 saturated carbocycles. The normalized spacial score (nSPS) is 10.4. The molecule has 3 N–H and O–H groups in total. The number of carboxylic acid groups (broad SMARTS) is 2. The number of anilines is 1. The first-order chi connectivity index (χ1) is 8.02. The van der Waals surface area contributed by atoms with Crippen LogP contribution in [0.5, 0.6) is 0 Å². The van der Waals surface area contributed by atoms with Gasteiger partial charge < -0.3 is 15.5 Å². The Bertz CT molecular complexity index is 529. The highest BCUT2D eigenvalue weighted by molar-refractivity contribution is 5.97. The van der Waals surface area contributed by atoms with E-state index in [1.165, 1.54) is 12.1 Å². The van der Waals surface area contributed by atoms with Crippen molar-refractivity contribution in [2.45, 2.75) is 0 Å². The summed E-state index contributed by atoms with van der Waals surface area (Å²) < 4.78 is 0. The average molecular weight is 232 g/mol. The smallest absolute Gasteiger partial charge is 0.352 e. The van der Waals surface area contributed by atoms with Crippen molar-refractivity contribution in [1.29, 1.82) is 5.26 Å². The minimum Gasteiger partial charge on any atom is -0.478 e. The lowest BCUT2D eigenvalue weighted by Gasteiger charge is -2.06. The highest BCUT2D eigenvalue weighted by Crippen LogP contribution is 2.12. The second-order valence-electron chi connectivity index (χ2n) is 3.02. The zero-order valence-corrected chi connectivity index (χ0v) is 8.54. The highest BCUT2D eigenvalue weighted by atomic mass is 16.4. The molecule has 0 radical (unpaired) electrons. The summed E-state index contributed by atoms with van der Waals surface area (Å²) in [5.74, 6) is -2.76. The van der Waals surface area contributed by atoms with Crippen molar-refractivity contribution in [3.05, 3.63) is 41.6 Å². The quantitative estimate of drug-likeness (QED) is 0.668. The molecule has 0 aliphatic rings. The molecule has 17 heavy (non-hydrogen) atoms. The van der Waals surface area contributed by atoms with Crippen molar-refractivity contribution < 1.29 is 19.8 Å². The summed E-state index contributed by atoms with van der Waals surface area (Å²) >= 11 is 0. The number of nitrogens with one attached hydrogen (secondary N) is 1. The molecule has 0 atom stereocenters. The van der Waals surface area contributed by atoms with Gasteiger partial charge in [0.2, 0.25) is 0 Å². The molecule has 0 spiro atoms. The Labute approximate surface area is 96.4 Å².